The lowest BCUT2D eigenvalue weighted by atomic mass is 10.2. The predicted octanol–water partition coefficient (Wildman–Crippen LogP) is 1.59. The van der Waals surface area contributed by atoms with E-state index in [1.54, 1.807) is 50.9 Å². The van der Waals surface area contributed by atoms with Gasteiger partial charge in [-0.2, -0.15) is 4.98 Å². The maximum Gasteiger partial charge on any atom is 0.254 e. The number of piperazine rings is 1. The molecule has 29 heavy (non-hydrogen) atoms. The van der Waals surface area contributed by atoms with Gasteiger partial charge in [-0.05, 0) is 18.2 Å². The molecule has 0 atom stereocenters. The largest absolute Gasteiger partial charge is 0.493 e. The minimum absolute atomic E-state index is 0.00262. The van der Waals surface area contributed by atoms with Gasteiger partial charge in [0, 0.05) is 55.6 Å². The van der Waals surface area contributed by atoms with Gasteiger partial charge in [0.05, 0.1) is 19.7 Å². The van der Waals surface area contributed by atoms with Gasteiger partial charge in [-0.1, -0.05) is 0 Å². The zero-order valence-corrected chi connectivity index (χ0v) is 16.3. The lowest BCUT2D eigenvalue weighted by Gasteiger charge is -2.35. The van der Waals surface area contributed by atoms with Crippen molar-refractivity contribution in [1.82, 2.24) is 19.9 Å². The highest BCUT2D eigenvalue weighted by Crippen LogP contribution is 2.34. The molecule has 1 saturated heterocycles. The summed E-state index contributed by atoms with van der Waals surface area (Å²) in [6.07, 6.45) is 3.25. The maximum atomic E-state index is 12.6. The van der Waals surface area contributed by atoms with Crippen LogP contribution in [0.1, 0.15) is 10.4 Å². The predicted molar refractivity (Wildman–Crippen MR) is 109 cm³/mol. The van der Waals surface area contributed by atoms with Crippen LogP contribution in [0.4, 0.5) is 11.8 Å². The minimum Gasteiger partial charge on any atom is -0.493 e. The average Bonchev–Trinajstić information content (AvgIpc) is 2.78. The number of carbonyl (C=O) groups is 1. The Morgan fingerprint density at radius 1 is 1.00 bits per heavy atom. The Kier molecular flexibility index (Phi) is 5.03. The third-order valence-corrected chi connectivity index (χ3v) is 5.00. The second-order valence-electron chi connectivity index (χ2n) is 6.65. The summed E-state index contributed by atoms with van der Waals surface area (Å²) in [5.74, 6) is 2.07. The van der Waals surface area contributed by atoms with Gasteiger partial charge >= 0.3 is 0 Å². The molecule has 150 valence electrons. The van der Waals surface area contributed by atoms with Crippen molar-refractivity contribution in [2.24, 2.45) is 0 Å². The molecule has 1 aromatic carbocycles. The highest BCUT2D eigenvalue weighted by Gasteiger charge is 2.24. The smallest absolute Gasteiger partial charge is 0.254 e. The van der Waals surface area contributed by atoms with Gasteiger partial charge in [0.2, 0.25) is 5.95 Å². The molecular formula is C20H22N6O3. The van der Waals surface area contributed by atoms with Gasteiger partial charge < -0.3 is 25.0 Å². The molecule has 2 aromatic heterocycles. The standard InChI is InChI=1S/C20H22N6O3/c1-28-16-11-14-15(12-17(16)29-2)23-20(24-18(14)21)26-9-7-25(8-10-26)19(27)13-3-5-22-6-4-13/h3-6,11-12H,7-10H2,1-2H3,(H2,21,23,24). The molecule has 0 bridgehead atoms. The first-order valence-corrected chi connectivity index (χ1v) is 9.24. The second kappa shape index (κ2) is 7.78. The normalized spacial score (nSPS) is 14.1. The summed E-state index contributed by atoms with van der Waals surface area (Å²) in [5.41, 5.74) is 7.51. The number of ether oxygens (including phenoxy) is 2. The summed E-state index contributed by atoms with van der Waals surface area (Å²) >= 11 is 0. The number of carbonyl (C=O) groups excluding carboxylic acids is 1. The number of amides is 1. The molecule has 0 spiro atoms. The first-order chi connectivity index (χ1) is 14.1. The van der Waals surface area contributed by atoms with Crippen molar-refractivity contribution in [3.05, 3.63) is 42.2 Å². The maximum absolute atomic E-state index is 12.6. The van der Waals surface area contributed by atoms with Gasteiger partial charge in [0.15, 0.2) is 11.5 Å². The number of pyridine rings is 1. The molecular weight excluding hydrogens is 372 g/mol. The van der Waals surface area contributed by atoms with Crippen molar-refractivity contribution < 1.29 is 14.3 Å². The summed E-state index contributed by atoms with van der Waals surface area (Å²) in [7, 11) is 3.15. The van der Waals surface area contributed by atoms with Crippen LogP contribution in [-0.2, 0) is 0 Å². The average molecular weight is 394 g/mol. The Morgan fingerprint density at radius 2 is 1.66 bits per heavy atom. The quantitative estimate of drug-likeness (QED) is 0.711. The molecule has 3 heterocycles. The number of rotatable bonds is 4. The lowest BCUT2D eigenvalue weighted by Crippen LogP contribution is -2.49. The van der Waals surface area contributed by atoms with Crippen LogP contribution in [0, 0.1) is 0 Å². The summed E-state index contributed by atoms with van der Waals surface area (Å²) in [4.78, 5) is 29.5. The first-order valence-electron chi connectivity index (χ1n) is 9.24. The highest BCUT2D eigenvalue weighted by molar-refractivity contribution is 5.94. The Morgan fingerprint density at radius 3 is 2.31 bits per heavy atom. The van der Waals surface area contributed by atoms with E-state index in [9.17, 15) is 4.79 Å². The van der Waals surface area contributed by atoms with Crippen molar-refractivity contribution in [1.29, 1.82) is 0 Å². The van der Waals surface area contributed by atoms with Crippen LogP contribution < -0.4 is 20.1 Å². The molecule has 1 fully saturated rings. The van der Waals surface area contributed by atoms with Gasteiger partial charge in [-0.15, -0.1) is 0 Å². The van der Waals surface area contributed by atoms with Crippen molar-refractivity contribution in [3.8, 4) is 11.5 Å². The molecule has 2 N–H and O–H groups in total. The van der Waals surface area contributed by atoms with Crippen LogP contribution in [0.2, 0.25) is 0 Å². The van der Waals surface area contributed by atoms with E-state index in [0.29, 0.717) is 65.9 Å². The zero-order valence-electron chi connectivity index (χ0n) is 16.3. The summed E-state index contributed by atoms with van der Waals surface area (Å²) in [6, 6.07) is 7.02. The zero-order chi connectivity index (χ0) is 20.4. The number of nitrogens with zero attached hydrogens (tertiary/aromatic N) is 5. The Labute approximate surface area is 168 Å². The highest BCUT2D eigenvalue weighted by atomic mass is 16.5. The lowest BCUT2D eigenvalue weighted by molar-refractivity contribution is 0.0746. The van der Waals surface area contributed by atoms with Crippen LogP contribution in [-0.4, -0.2) is 66.2 Å². The molecule has 9 heteroatoms. The van der Waals surface area contributed by atoms with Crippen LogP contribution >= 0.6 is 0 Å². The molecule has 4 rings (SSSR count). The van der Waals surface area contributed by atoms with Crippen LogP contribution in [0.25, 0.3) is 10.9 Å². The van der Waals surface area contributed by atoms with E-state index in [1.807, 2.05) is 9.80 Å². The van der Waals surface area contributed by atoms with Gasteiger partial charge in [-0.25, -0.2) is 4.98 Å². The molecule has 3 aromatic rings. The molecule has 1 aliphatic heterocycles. The molecule has 0 aliphatic carbocycles. The number of nitrogens with two attached hydrogens (primary N) is 1. The SMILES string of the molecule is COc1cc2nc(N3CCN(C(=O)c4ccncc4)CC3)nc(N)c2cc1OC. The van der Waals surface area contributed by atoms with Gasteiger partial charge in [0.1, 0.15) is 5.82 Å². The molecule has 0 saturated carbocycles. The molecule has 1 amide bonds. The Bertz CT molecular complexity index is 1040. The van der Waals surface area contributed by atoms with Crippen molar-refractivity contribution >= 4 is 28.6 Å². The summed E-state index contributed by atoms with van der Waals surface area (Å²) in [5, 5.41) is 0.706. The van der Waals surface area contributed by atoms with Crippen molar-refractivity contribution in [2.45, 2.75) is 0 Å². The molecule has 0 radical (unpaired) electrons. The molecule has 1 aliphatic rings. The van der Waals surface area contributed by atoms with Crippen LogP contribution in [0.15, 0.2) is 36.7 Å². The fourth-order valence-electron chi connectivity index (χ4n) is 3.39. The van der Waals surface area contributed by atoms with E-state index < -0.39 is 0 Å². The molecule has 9 nitrogen and oxygen atoms in total. The number of benzene rings is 1. The first kappa shape index (κ1) is 18.7. The van der Waals surface area contributed by atoms with Gasteiger partial charge in [-0.3, -0.25) is 9.78 Å². The van der Waals surface area contributed by atoms with E-state index in [4.69, 9.17) is 15.2 Å². The fraction of sp³-hybridized carbons (Fsp3) is 0.300. The van der Waals surface area contributed by atoms with E-state index in [1.165, 1.54) is 0 Å². The number of nitrogen functional groups attached to an aromatic ring is 1. The number of methoxy groups -OCH3 is 2. The number of aromatic nitrogens is 3. The number of fused-ring (bicyclic) bond motifs is 1. The van der Waals surface area contributed by atoms with E-state index in [2.05, 4.69) is 15.0 Å². The Balaban J connectivity index is 1.54. The van der Waals surface area contributed by atoms with Gasteiger partial charge in [0.25, 0.3) is 5.91 Å². The van der Waals surface area contributed by atoms with Crippen molar-refractivity contribution in [2.75, 3.05) is 51.0 Å². The number of anilines is 2. The topological polar surface area (TPSA) is 107 Å². The van der Waals surface area contributed by atoms with E-state index in [0.717, 1.165) is 0 Å². The molecule has 0 unspecified atom stereocenters. The third-order valence-electron chi connectivity index (χ3n) is 5.00. The fourth-order valence-corrected chi connectivity index (χ4v) is 3.39. The monoisotopic (exact) mass is 394 g/mol. The van der Waals surface area contributed by atoms with E-state index in [-0.39, 0.29) is 5.91 Å². The van der Waals surface area contributed by atoms with Crippen molar-refractivity contribution in [3.63, 3.8) is 0 Å². The van der Waals surface area contributed by atoms with Crippen LogP contribution in [0.3, 0.4) is 0 Å². The number of hydrogen-bond donors (Lipinski definition) is 1. The van der Waals surface area contributed by atoms with Crippen LogP contribution in [0.5, 0.6) is 11.5 Å². The summed E-state index contributed by atoms with van der Waals surface area (Å²) in [6.45, 7) is 2.40. The number of hydrogen-bond acceptors (Lipinski definition) is 8. The summed E-state index contributed by atoms with van der Waals surface area (Å²) < 4.78 is 10.7. The second-order valence-corrected chi connectivity index (χ2v) is 6.65. The minimum atomic E-state index is 0.00262. The van der Waals surface area contributed by atoms with E-state index >= 15 is 0 Å². The third kappa shape index (κ3) is 3.58. The Hall–Kier alpha value is -3.62.